The number of ether oxygens (including phenoxy) is 1. The normalized spacial score (nSPS) is 11.7. The molecule has 0 bridgehead atoms. The highest BCUT2D eigenvalue weighted by molar-refractivity contribution is 6.31. The molecule has 104 valence electrons. The molecule has 1 atom stereocenters. The van der Waals surface area contributed by atoms with Gasteiger partial charge in [0, 0.05) is 5.02 Å². The van der Waals surface area contributed by atoms with Crippen LogP contribution in [0.25, 0.3) is 0 Å². The molecular weight excluding hydrogens is 278 g/mol. The number of carbonyl (C=O) groups is 1. The number of nitrogens with one attached hydrogen (secondary N) is 1. The van der Waals surface area contributed by atoms with Crippen LogP contribution < -0.4 is 10.1 Å². The fraction of sp³-hybridized carbons (Fsp3) is 0.133. The number of phenols is 1. The van der Waals surface area contributed by atoms with Crippen molar-refractivity contribution < 1.29 is 14.6 Å². The van der Waals surface area contributed by atoms with E-state index in [1.165, 1.54) is 18.2 Å². The summed E-state index contributed by atoms with van der Waals surface area (Å²) in [5, 5.41) is 12.6. The predicted molar refractivity (Wildman–Crippen MR) is 78.3 cm³/mol. The monoisotopic (exact) mass is 291 g/mol. The first kappa shape index (κ1) is 14.2. The first-order valence-electron chi connectivity index (χ1n) is 6.07. The van der Waals surface area contributed by atoms with Gasteiger partial charge in [0.25, 0.3) is 5.91 Å². The van der Waals surface area contributed by atoms with E-state index in [9.17, 15) is 9.90 Å². The molecule has 4 nitrogen and oxygen atoms in total. The Morgan fingerprint density at radius 2 is 1.95 bits per heavy atom. The average molecular weight is 292 g/mol. The van der Waals surface area contributed by atoms with Crippen molar-refractivity contribution in [2.45, 2.75) is 13.0 Å². The molecule has 0 saturated carbocycles. The summed E-state index contributed by atoms with van der Waals surface area (Å²) in [6, 6.07) is 13.5. The van der Waals surface area contributed by atoms with Crippen LogP contribution in [-0.2, 0) is 4.79 Å². The van der Waals surface area contributed by atoms with Crippen LogP contribution in [0.4, 0.5) is 5.69 Å². The highest BCUT2D eigenvalue weighted by Crippen LogP contribution is 2.26. The van der Waals surface area contributed by atoms with Crippen molar-refractivity contribution >= 4 is 23.2 Å². The largest absolute Gasteiger partial charge is 0.506 e. The quantitative estimate of drug-likeness (QED) is 0.848. The Labute approximate surface area is 122 Å². The number of carbonyl (C=O) groups excluding carboxylic acids is 1. The molecule has 2 aromatic carbocycles. The molecule has 0 aliphatic heterocycles. The zero-order valence-electron chi connectivity index (χ0n) is 10.8. The Hall–Kier alpha value is -2.20. The van der Waals surface area contributed by atoms with Crippen LogP contribution in [0.15, 0.2) is 48.5 Å². The molecule has 0 aromatic heterocycles. The van der Waals surface area contributed by atoms with E-state index in [0.29, 0.717) is 10.8 Å². The summed E-state index contributed by atoms with van der Waals surface area (Å²) in [6.45, 7) is 1.63. The zero-order valence-corrected chi connectivity index (χ0v) is 11.6. The summed E-state index contributed by atoms with van der Waals surface area (Å²) in [6.07, 6.45) is -0.698. The van der Waals surface area contributed by atoms with Crippen molar-refractivity contribution in [2.24, 2.45) is 0 Å². The number of hydrogen-bond acceptors (Lipinski definition) is 3. The highest BCUT2D eigenvalue weighted by atomic mass is 35.5. The maximum Gasteiger partial charge on any atom is 0.265 e. The number of para-hydroxylation sites is 1. The van der Waals surface area contributed by atoms with Gasteiger partial charge in [0.05, 0.1) is 5.69 Å². The van der Waals surface area contributed by atoms with Gasteiger partial charge in [0.1, 0.15) is 11.5 Å². The Kier molecular flexibility index (Phi) is 4.48. The predicted octanol–water partition coefficient (Wildman–Crippen LogP) is 3.45. The molecule has 1 amide bonds. The minimum Gasteiger partial charge on any atom is -0.506 e. The van der Waals surface area contributed by atoms with Gasteiger partial charge in [-0.25, -0.2) is 0 Å². The summed E-state index contributed by atoms with van der Waals surface area (Å²) in [5.74, 6) is 0.187. The molecule has 0 heterocycles. The molecule has 2 N–H and O–H groups in total. The molecule has 0 saturated heterocycles. The topological polar surface area (TPSA) is 58.6 Å². The van der Waals surface area contributed by atoms with E-state index >= 15 is 0 Å². The van der Waals surface area contributed by atoms with Crippen LogP contribution in [0.2, 0.25) is 5.02 Å². The van der Waals surface area contributed by atoms with Crippen LogP contribution in [0.3, 0.4) is 0 Å². The van der Waals surface area contributed by atoms with Gasteiger partial charge in [-0.3, -0.25) is 4.79 Å². The molecule has 0 fully saturated rings. The van der Waals surface area contributed by atoms with Crippen molar-refractivity contribution in [1.82, 2.24) is 0 Å². The average Bonchev–Trinajstić information content (AvgIpc) is 2.44. The first-order chi connectivity index (χ1) is 9.56. The van der Waals surface area contributed by atoms with Gasteiger partial charge in [-0.05, 0) is 37.3 Å². The molecule has 0 aliphatic rings. The summed E-state index contributed by atoms with van der Waals surface area (Å²) in [4.78, 5) is 12.0. The first-order valence-corrected chi connectivity index (χ1v) is 6.45. The number of benzene rings is 2. The van der Waals surface area contributed by atoms with Crippen molar-refractivity contribution in [3.63, 3.8) is 0 Å². The summed E-state index contributed by atoms with van der Waals surface area (Å²) in [5.41, 5.74) is 0.256. The lowest BCUT2D eigenvalue weighted by molar-refractivity contribution is -0.122. The van der Waals surface area contributed by atoms with E-state index in [1.807, 2.05) is 18.2 Å². The highest BCUT2D eigenvalue weighted by Gasteiger charge is 2.16. The SMILES string of the molecule is CC(Oc1ccccc1)C(=O)Nc1cc(Cl)ccc1O. The van der Waals surface area contributed by atoms with E-state index < -0.39 is 6.10 Å². The Morgan fingerprint density at radius 1 is 1.25 bits per heavy atom. The number of halogens is 1. The van der Waals surface area contributed by atoms with Gasteiger partial charge in [0.2, 0.25) is 0 Å². The molecule has 5 heteroatoms. The smallest absolute Gasteiger partial charge is 0.265 e. The fourth-order valence-corrected chi connectivity index (χ4v) is 1.77. The maximum absolute atomic E-state index is 12.0. The van der Waals surface area contributed by atoms with E-state index in [-0.39, 0.29) is 17.3 Å². The molecule has 20 heavy (non-hydrogen) atoms. The van der Waals surface area contributed by atoms with E-state index in [0.717, 1.165) is 0 Å². The van der Waals surface area contributed by atoms with E-state index in [4.69, 9.17) is 16.3 Å². The number of aromatic hydroxyl groups is 1. The summed E-state index contributed by atoms with van der Waals surface area (Å²) < 4.78 is 5.49. The van der Waals surface area contributed by atoms with Crippen molar-refractivity contribution in [1.29, 1.82) is 0 Å². The molecule has 2 aromatic rings. The van der Waals surface area contributed by atoms with Gasteiger partial charge in [-0.2, -0.15) is 0 Å². The third-order valence-corrected chi connectivity index (χ3v) is 2.88. The fourth-order valence-electron chi connectivity index (χ4n) is 1.60. The van der Waals surface area contributed by atoms with Crippen molar-refractivity contribution in [3.05, 3.63) is 53.6 Å². The number of hydrogen-bond donors (Lipinski definition) is 2. The third kappa shape index (κ3) is 3.65. The second kappa shape index (κ2) is 6.30. The van der Waals surface area contributed by atoms with Crippen LogP contribution in [0, 0.1) is 0 Å². The van der Waals surface area contributed by atoms with Crippen LogP contribution >= 0.6 is 11.6 Å². The second-order valence-electron chi connectivity index (χ2n) is 4.22. The lowest BCUT2D eigenvalue weighted by Crippen LogP contribution is -2.30. The van der Waals surface area contributed by atoms with Crippen molar-refractivity contribution in [3.8, 4) is 11.5 Å². The van der Waals surface area contributed by atoms with Crippen LogP contribution in [-0.4, -0.2) is 17.1 Å². The second-order valence-corrected chi connectivity index (χ2v) is 4.66. The molecule has 1 unspecified atom stereocenters. The number of anilines is 1. The molecule has 0 radical (unpaired) electrons. The van der Waals surface area contributed by atoms with Gasteiger partial charge >= 0.3 is 0 Å². The summed E-state index contributed by atoms with van der Waals surface area (Å²) in [7, 11) is 0. The number of rotatable bonds is 4. The van der Waals surface area contributed by atoms with Gasteiger partial charge in [-0.1, -0.05) is 29.8 Å². The van der Waals surface area contributed by atoms with E-state index in [2.05, 4.69) is 5.32 Å². The Morgan fingerprint density at radius 3 is 2.65 bits per heavy atom. The number of amides is 1. The third-order valence-electron chi connectivity index (χ3n) is 2.64. The Bertz CT molecular complexity index is 601. The summed E-state index contributed by atoms with van der Waals surface area (Å²) >= 11 is 5.82. The standard InChI is InChI=1S/C15H14ClNO3/c1-10(20-12-5-3-2-4-6-12)15(19)17-13-9-11(16)7-8-14(13)18/h2-10,18H,1H3,(H,17,19). The van der Waals surface area contributed by atoms with Crippen LogP contribution in [0.1, 0.15) is 6.92 Å². The maximum atomic E-state index is 12.0. The van der Waals surface area contributed by atoms with Gasteiger partial charge in [-0.15, -0.1) is 0 Å². The zero-order chi connectivity index (χ0) is 14.5. The van der Waals surface area contributed by atoms with Gasteiger partial charge in [0.15, 0.2) is 6.10 Å². The number of phenolic OH excluding ortho intramolecular Hbond substituents is 1. The minimum atomic E-state index is -0.698. The lowest BCUT2D eigenvalue weighted by atomic mass is 10.2. The van der Waals surface area contributed by atoms with Gasteiger partial charge < -0.3 is 15.2 Å². The van der Waals surface area contributed by atoms with E-state index in [1.54, 1.807) is 19.1 Å². The Balaban J connectivity index is 2.02. The molecule has 2 rings (SSSR count). The molecule has 0 aliphatic carbocycles. The molecule has 0 spiro atoms. The van der Waals surface area contributed by atoms with Crippen molar-refractivity contribution in [2.75, 3.05) is 5.32 Å². The minimum absolute atomic E-state index is 0.0466. The lowest BCUT2D eigenvalue weighted by Gasteiger charge is -2.15. The van der Waals surface area contributed by atoms with Crippen LogP contribution in [0.5, 0.6) is 11.5 Å². The molecular formula is C15H14ClNO3.